The van der Waals surface area contributed by atoms with E-state index in [9.17, 15) is 24.3 Å². The Kier molecular flexibility index (Phi) is 6.90. The van der Waals surface area contributed by atoms with Crippen LogP contribution in [-0.4, -0.2) is 62.5 Å². The first-order valence-corrected chi connectivity index (χ1v) is 16.8. The number of aromatic hydroxyl groups is 1. The second kappa shape index (κ2) is 10.7. The summed E-state index contributed by atoms with van der Waals surface area (Å²) >= 11 is 17.9. The van der Waals surface area contributed by atoms with E-state index in [1.54, 1.807) is 36.4 Å². The number of carbonyl (C=O) groups excluding carboxylic acids is 4. The van der Waals surface area contributed by atoms with Crippen LogP contribution in [0.3, 0.4) is 0 Å². The number of phenolic OH excluding ortho intramolecular Hbond substituents is 1. The summed E-state index contributed by atoms with van der Waals surface area (Å²) in [7, 11) is 2.70. The molecule has 0 spiro atoms. The topological polar surface area (TPSA) is 130 Å². The van der Waals surface area contributed by atoms with Gasteiger partial charge < -0.3 is 14.3 Å². The van der Waals surface area contributed by atoms with E-state index < -0.39 is 51.1 Å². The van der Waals surface area contributed by atoms with E-state index in [4.69, 9.17) is 32.4 Å². The summed E-state index contributed by atoms with van der Waals surface area (Å²) < 4.78 is 11.8. The van der Waals surface area contributed by atoms with Crippen molar-refractivity contribution in [3.63, 3.8) is 0 Å². The third kappa shape index (κ3) is 4.01. The number of methoxy groups -OCH3 is 1. The molecule has 1 saturated carbocycles. The Morgan fingerprint density at radius 2 is 1.73 bits per heavy atom. The van der Waals surface area contributed by atoms with Gasteiger partial charge in [0, 0.05) is 28.6 Å². The number of hydrogen-bond acceptors (Lipinski definition) is 8. The van der Waals surface area contributed by atoms with Gasteiger partial charge in [-0.05, 0) is 67.3 Å². The van der Waals surface area contributed by atoms with E-state index in [0.29, 0.717) is 38.3 Å². The summed E-state index contributed by atoms with van der Waals surface area (Å²) in [6.07, 6.45) is 1.83. The molecule has 8 rings (SSSR count). The smallest absolute Gasteiger partial charge is 0.253 e. The van der Waals surface area contributed by atoms with Crippen LogP contribution in [0.4, 0.5) is 5.69 Å². The summed E-state index contributed by atoms with van der Waals surface area (Å²) in [5.74, 6) is -5.51. The number of benzene rings is 3. The van der Waals surface area contributed by atoms with Gasteiger partial charge in [0.25, 0.3) is 11.8 Å². The Balaban J connectivity index is 1.20. The molecule has 2 aliphatic heterocycles. The van der Waals surface area contributed by atoms with Gasteiger partial charge in [0.05, 0.1) is 24.6 Å². The lowest BCUT2D eigenvalue weighted by atomic mass is 9.56. The van der Waals surface area contributed by atoms with Gasteiger partial charge in [-0.15, -0.1) is 23.2 Å². The molecule has 6 atom stereocenters. The maximum Gasteiger partial charge on any atom is 0.253 e. The van der Waals surface area contributed by atoms with Crippen LogP contribution >= 0.6 is 39.1 Å². The van der Waals surface area contributed by atoms with Crippen molar-refractivity contribution in [3.05, 3.63) is 82.3 Å². The predicted octanol–water partition coefficient (Wildman–Crippen LogP) is 6.16. The first-order chi connectivity index (χ1) is 22.9. The van der Waals surface area contributed by atoms with Gasteiger partial charge in [0.1, 0.15) is 5.52 Å². The Morgan fingerprint density at radius 3 is 2.44 bits per heavy atom. The normalized spacial score (nSPS) is 29.6. The van der Waals surface area contributed by atoms with Crippen molar-refractivity contribution in [2.45, 2.75) is 28.5 Å². The molecule has 2 aliphatic carbocycles. The summed E-state index contributed by atoms with van der Waals surface area (Å²) in [6.45, 7) is 0. The van der Waals surface area contributed by atoms with Gasteiger partial charge in [-0.1, -0.05) is 39.7 Å². The average molecular weight is 751 g/mol. The fraction of sp³-hybridized carbons (Fsp3) is 0.286. The molecule has 3 aromatic carbocycles. The number of allylic oxidation sites excluding steroid dienone is 2. The largest absolute Gasteiger partial charge is 0.504 e. The average Bonchev–Trinajstić information content (AvgIpc) is 3.67. The lowest BCUT2D eigenvalue weighted by molar-refractivity contribution is -0.138. The van der Waals surface area contributed by atoms with E-state index in [1.807, 2.05) is 30.3 Å². The quantitative estimate of drug-likeness (QED) is 0.149. The molecule has 3 fully saturated rings. The monoisotopic (exact) mass is 749 g/mol. The first-order valence-electron chi connectivity index (χ1n) is 15.2. The summed E-state index contributed by atoms with van der Waals surface area (Å²) in [5, 5.41) is 11.4. The van der Waals surface area contributed by atoms with E-state index in [1.165, 1.54) is 19.1 Å². The highest BCUT2D eigenvalue weighted by atomic mass is 79.9. The third-order valence-electron chi connectivity index (χ3n) is 10.3. The standard InChI is InChI=1S/C35H26BrCl2N3O7/c1-40-32(45)34(37)15-22-19(27(35(34,38)33(40)46)21-13-17(36)14-25(47-2)28(21)42)11-12-20-26(22)31(44)41(30(20)43)18-9-7-16(8-10-18)29-39-23-5-3-4-6-24(23)48-29/h3-11,13-14,20,22,26-27,42H,12,15H2,1-2H3/t20-,22+,26-,27+,34+,35-/m0/s1. The zero-order valence-corrected chi connectivity index (χ0v) is 28.5. The number of halogens is 3. The van der Waals surface area contributed by atoms with Crippen molar-refractivity contribution >= 4 is 79.5 Å². The molecule has 4 aliphatic rings. The lowest BCUT2D eigenvalue weighted by Crippen LogP contribution is -2.60. The SMILES string of the molecule is COc1cc(Br)cc([C@H]2C3=CC[C@@H]4C(=O)N(c5ccc(-c6nc7ccccc7o6)cc5)C(=O)[C@@H]4[C@@H]3C[C@@]3(Cl)C(=O)N(C)C(=O)[C@@]23Cl)c1O. The fourth-order valence-electron chi connectivity index (χ4n) is 8.06. The number of rotatable bonds is 4. The highest BCUT2D eigenvalue weighted by Gasteiger charge is 2.76. The minimum absolute atomic E-state index is 0.112. The molecule has 1 aromatic heterocycles. The molecule has 48 heavy (non-hydrogen) atoms. The van der Waals surface area contributed by atoms with Crippen LogP contribution in [0.2, 0.25) is 0 Å². The third-order valence-corrected chi connectivity index (χ3v) is 12.2. The van der Waals surface area contributed by atoms with Crippen LogP contribution in [0.5, 0.6) is 11.5 Å². The van der Waals surface area contributed by atoms with Crippen LogP contribution in [-0.2, 0) is 19.2 Å². The summed E-state index contributed by atoms with van der Waals surface area (Å²) in [6, 6.07) is 17.4. The molecule has 4 aromatic rings. The predicted molar refractivity (Wildman–Crippen MR) is 180 cm³/mol. The summed E-state index contributed by atoms with van der Waals surface area (Å²) in [5.41, 5.74) is 3.16. The molecule has 10 nitrogen and oxygen atoms in total. The van der Waals surface area contributed by atoms with Gasteiger partial charge in [0.15, 0.2) is 26.8 Å². The Hall–Kier alpha value is -4.19. The number of imide groups is 2. The first kappa shape index (κ1) is 31.1. The number of alkyl halides is 2. The lowest BCUT2D eigenvalue weighted by Gasteiger charge is -2.50. The number of amides is 4. The van der Waals surface area contributed by atoms with E-state index in [-0.39, 0.29) is 35.8 Å². The molecule has 1 N–H and O–H groups in total. The van der Waals surface area contributed by atoms with Crippen LogP contribution < -0.4 is 9.64 Å². The molecule has 0 radical (unpaired) electrons. The second-order valence-corrected chi connectivity index (χ2v) is 14.7. The highest BCUT2D eigenvalue weighted by Crippen LogP contribution is 2.66. The molecule has 4 amide bonds. The number of carbonyl (C=O) groups is 4. The van der Waals surface area contributed by atoms with Crippen molar-refractivity contribution in [2.24, 2.45) is 17.8 Å². The molecule has 0 bridgehead atoms. The van der Waals surface area contributed by atoms with E-state index in [2.05, 4.69) is 20.9 Å². The van der Waals surface area contributed by atoms with Gasteiger partial charge in [-0.25, -0.2) is 4.98 Å². The van der Waals surface area contributed by atoms with Crippen molar-refractivity contribution in [3.8, 4) is 23.0 Å². The number of fused-ring (bicyclic) bond motifs is 5. The number of likely N-dealkylation sites (tertiary alicyclic amines) is 1. The highest BCUT2D eigenvalue weighted by molar-refractivity contribution is 9.10. The number of ether oxygens (including phenoxy) is 1. The molecular weight excluding hydrogens is 725 g/mol. The van der Waals surface area contributed by atoms with Crippen LogP contribution in [0.25, 0.3) is 22.6 Å². The van der Waals surface area contributed by atoms with Crippen molar-refractivity contribution in [1.82, 2.24) is 9.88 Å². The number of oxazole rings is 1. The molecule has 2 saturated heterocycles. The second-order valence-electron chi connectivity index (χ2n) is 12.6. The van der Waals surface area contributed by atoms with Gasteiger partial charge in [0.2, 0.25) is 17.7 Å². The van der Waals surface area contributed by atoms with Gasteiger partial charge in [-0.3, -0.25) is 29.0 Å². The molecular formula is C35H26BrCl2N3O7. The van der Waals surface area contributed by atoms with Gasteiger partial charge in [-0.2, -0.15) is 0 Å². The minimum Gasteiger partial charge on any atom is -0.504 e. The number of hydrogen-bond donors (Lipinski definition) is 1. The molecule has 244 valence electrons. The van der Waals surface area contributed by atoms with Crippen LogP contribution in [0.15, 0.2) is 81.2 Å². The maximum atomic E-state index is 14.4. The maximum absolute atomic E-state index is 14.4. The Bertz CT molecular complexity index is 2100. The fourth-order valence-corrected chi connectivity index (χ4v) is 9.53. The van der Waals surface area contributed by atoms with Crippen LogP contribution in [0.1, 0.15) is 24.3 Å². The zero-order valence-electron chi connectivity index (χ0n) is 25.4. The van der Waals surface area contributed by atoms with Gasteiger partial charge >= 0.3 is 0 Å². The van der Waals surface area contributed by atoms with E-state index >= 15 is 0 Å². The van der Waals surface area contributed by atoms with Crippen molar-refractivity contribution in [1.29, 1.82) is 0 Å². The summed E-state index contributed by atoms with van der Waals surface area (Å²) in [4.78, 5) is 58.5. The number of aromatic nitrogens is 1. The minimum atomic E-state index is -2.04. The number of phenols is 1. The number of nitrogens with zero attached hydrogens (tertiary/aromatic N) is 3. The zero-order chi connectivity index (χ0) is 33.9. The molecule has 13 heteroatoms. The Morgan fingerprint density at radius 1 is 1.00 bits per heavy atom. The number of para-hydroxylation sites is 2. The van der Waals surface area contributed by atoms with Crippen molar-refractivity contribution in [2.75, 3.05) is 19.1 Å². The number of anilines is 1. The molecule has 3 heterocycles. The van der Waals surface area contributed by atoms with Crippen LogP contribution in [0, 0.1) is 17.8 Å². The molecule has 0 unspecified atom stereocenters. The van der Waals surface area contributed by atoms with Crippen molar-refractivity contribution < 1.29 is 33.4 Å². The van der Waals surface area contributed by atoms with E-state index in [0.717, 1.165) is 4.90 Å². The Labute approximate surface area is 292 Å².